The van der Waals surface area contributed by atoms with Gasteiger partial charge < -0.3 is 10.0 Å². The Kier molecular flexibility index (Phi) is 15.2. The zero-order chi connectivity index (χ0) is 76.5. The Labute approximate surface area is 685 Å². The summed E-state index contributed by atoms with van der Waals surface area (Å²) in [6.07, 6.45) is 0. The molecule has 19 aromatic rings. The average Bonchev–Trinajstić information content (AvgIpc) is 1.54. The molecule has 6 aliphatic rings. The van der Waals surface area contributed by atoms with Gasteiger partial charge >= 0.3 is 7.12 Å². The van der Waals surface area contributed by atoms with Gasteiger partial charge in [0.25, 0.3) is 0 Å². The molecule has 115 heavy (non-hydrogen) atoms. The zero-order valence-electron chi connectivity index (χ0n) is 62.4. The highest BCUT2D eigenvalue weighted by molar-refractivity contribution is 9.10. The highest BCUT2D eigenvalue weighted by Crippen LogP contribution is 2.70. The maximum absolute atomic E-state index is 10.5. The fraction of sp³-hybridized carbons (Fsp3) is 0.0364. The molecule has 19 aromatic carbocycles. The summed E-state index contributed by atoms with van der Waals surface area (Å²) in [6.45, 7) is 0. The van der Waals surface area contributed by atoms with Gasteiger partial charge in [-0.2, -0.15) is 0 Å². The van der Waals surface area contributed by atoms with Crippen molar-refractivity contribution in [3.63, 3.8) is 0 Å². The first-order valence-electron chi connectivity index (χ1n) is 39.6. The second kappa shape index (κ2) is 25.8. The Balaban J connectivity index is 0.000000102. The number of benzene rings is 19. The van der Waals surface area contributed by atoms with Crippen LogP contribution >= 0.6 is 31.9 Å². The van der Waals surface area contributed by atoms with E-state index in [1.807, 2.05) is 6.07 Å². The number of fused-ring (bicyclic) bond motifs is 36. The summed E-state index contributed by atoms with van der Waals surface area (Å²) < 4.78 is 2.20. The first kappa shape index (κ1) is 67.8. The monoisotopic (exact) mass is 1590 g/mol. The molecule has 0 bridgehead atoms. The van der Waals surface area contributed by atoms with Crippen molar-refractivity contribution in [3.05, 3.63) is 504 Å². The quantitative estimate of drug-likeness (QED) is 0.137. The van der Waals surface area contributed by atoms with E-state index >= 15 is 0 Å². The molecule has 0 fully saturated rings. The van der Waals surface area contributed by atoms with Crippen LogP contribution in [0, 0.1) is 0 Å². The summed E-state index contributed by atoms with van der Waals surface area (Å²) in [7, 11) is -1.57. The van der Waals surface area contributed by atoms with Crippen LogP contribution in [0.25, 0.3) is 110 Å². The van der Waals surface area contributed by atoms with Gasteiger partial charge in [0, 0.05) is 8.95 Å². The highest BCUT2D eigenvalue weighted by atomic mass is 79.9. The van der Waals surface area contributed by atoms with Gasteiger partial charge in [0.2, 0.25) is 0 Å². The van der Waals surface area contributed by atoms with Gasteiger partial charge in [0.1, 0.15) is 0 Å². The predicted molar refractivity (Wildman–Crippen MR) is 482 cm³/mol. The van der Waals surface area contributed by atoms with Crippen molar-refractivity contribution in [2.45, 2.75) is 21.7 Å². The Bertz CT molecular complexity index is 7170. The molecule has 2 N–H and O–H groups in total. The van der Waals surface area contributed by atoms with Crippen molar-refractivity contribution in [3.8, 4) is 66.8 Å². The van der Waals surface area contributed by atoms with E-state index in [0.29, 0.717) is 5.46 Å². The summed E-state index contributed by atoms with van der Waals surface area (Å²) in [5, 5.41) is 31.1. The van der Waals surface area contributed by atoms with Gasteiger partial charge in [0.15, 0.2) is 0 Å². The Morgan fingerprint density at radius 3 is 0.791 bits per heavy atom. The predicted octanol–water partition coefficient (Wildman–Crippen LogP) is 26.3. The second-order valence-corrected chi connectivity index (χ2v) is 33.3. The van der Waals surface area contributed by atoms with E-state index in [4.69, 9.17) is 0 Å². The van der Waals surface area contributed by atoms with Crippen molar-refractivity contribution in [1.82, 2.24) is 0 Å². The minimum absolute atomic E-state index is 0.391. The largest absolute Gasteiger partial charge is 0.488 e. The molecule has 0 radical (unpaired) electrons. The van der Waals surface area contributed by atoms with Crippen molar-refractivity contribution >= 4 is 87.5 Å². The van der Waals surface area contributed by atoms with Crippen LogP contribution in [0.3, 0.4) is 0 Å². The Morgan fingerprint density at radius 2 is 0.435 bits per heavy atom. The number of halogens is 2. The molecule has 0 unspecified atom stereocenters. The van der Waals surface area contributed by atoms with Crippen LogP contribution in [0.2, 0.25) is 0 Å². The van der Waals surface area contributed by atoms with Crippen LogP contribution in [0.4, 0.5) is 0 Å². The van der Waals surface area contributed by atoms with E-state index in [9.17, 15) is 10.0 Å². The topological polar surface area (TPSA) is 40.5 Å². The first-order chi connectivity index (χ1) is 56.7. The molecule has 0 aliphatic heterocycles. The van der Waals surface area contributed by atoms with E-state index in [-0.39, 0.29) is 0 Å². The van der Waals surface area contributed by atoms with Crippen molar-refractivity contribution < 1.29 is 10.0 Å². The lowest BCUT2D eigenvalue weighted by Gasteiger charge is -2.49. The standard InChI is InChI=1S/C38H25BO2.C38H23Br.C34H21Br/c40-39(41)24-21-22-35-36(23-24)38(31-17-7-3-13-27(31)28-14-4-8-18-32(28)38)34-20-10-9-19-33(34)37(35)29-15-5-1-11-25(29)26-12-2-6-16-30(26)37;39-24-21-22-35-36(23-24)38(31-17-7-3-13-27(31)28-14-4-8-18-32(28)38)34-20-10-9-19-33(34)37(35)29-15-5-1-11-25(29)26-12-2-6-16-30(26)37;35-28-17-18-31-32(21-28)34(27-16-14-23-8-2-4-10-25(23)20-27)30-12-6-5-11-29(30)33(31)26-15-13-22-7-1-3-9-24(22)19-26/h1-23,40-41H;1-23H;1-21H. The third kappa shape index (κ3) is 9.29. The molecule has 538 valence electrons. The van der Waals surface area contributed by atoms with Gasteiger partial charge in [-0.25, -0.2) is 0 Å². The molecule has 25 rings (SSSR count). The Hall–Kier alpha value is -12.8. The summed E-state index contributed by atoms with van der Waals surface area (Å²) in [5.74, 6) is 0. The SMILES string of the molecule is Brc1ccc2c(-c3ccc4ccccc4c3)c3ccccc3c(-c3ccc4ccccc4c3)c2c1.Brc1ccc2c(c1)C1(c3ccccc3-c3ccccc31)c1ccccc1C21c2ccccc2-c2ccccc21.OB(O)c1ccc2c(c1)C1(c3ccccc3-c3ccccc31)c1ccccc1C21c2ccccc2-c2ccccc21. The number of rotatable bonds is 3. The second-order valence-electron chi connectivity index (χ2n) is 31.4. The van der Waals surface area contributed by atoms with Crippen molar-refractivity contribution in [1.29, 1.82) is 0 Å². The average molecular weight is 1590 g/mol. The fourth-order valence-electron chi connectivity index (χ4n) is 22.1. The van der Waals surface area contributed by atoms with Crippen LogP contribution in [0.15, 0.2) is 415 Å². The summed E-state index contributed by atoms with van der Waals surface area (Å²) >= 11 is 7.66. The maximum Gasteiger partial charge on any atom is 0.488 e. The highest BCUT2D eigenvalue weighted by Gasteiger charge is 2.61. The van der Waals surface area contributed by atoms with E-state index in [0.717, 1.165) is 14.5 Å². The summed E-state index contributed by atoms with van der Waals surface area (Å²) in [5.41, 5.74) is 34.6. The van der Waals surface area contributed by atoms with Gasteiger partial charge in [0.05, 0.1) is 21.7 Å². The zero-order valence-corrected chi connectivity index (χ0v) is 65.6. The van der Waals surface area contributed by atoms with Crippen LogP contribution in [-0.2, 0) is 21.7 Å². The minimum atomic E-state index is -1.57. The van der Waals surface area contributed by atoms with Crippen LogP contribution < -0.4 is 5.46 Å². The van der Waals surface area contributed by atoms with E-state index in [1.54, 1.807) is 0 Å². The smallest absolute Gasteiger partial charge is 0.423 e. The molecule has 0 heterocycles. The molecular formula is C110H69BBr2O2. The molecule has 0 saturated carbocycles. The lowest BCUT2D eigenvalue weighted by Crippen LogP contribution is -2.45. The number of hydrogen-bond acceptors (Lipinski definition) is 2. The molecule has 0 amide bonds. The fourth-order valence-corrected chi connectivity index (χ4v) is 22.8. The molecule has 4 spiro atoms. The lowest BCUT2D eigenvalue weighted by atomic mass is 9.51. The van der Waals surface area contributed by atoms with Gasteiger partial charge in [-0.3, -0.25) is 0 Å². The third-order valence-electron chi connectivity index (χ3n) is 26.3. The van der Waals surface area contributed by atoms with Crippen molar-refractivity contribution in [2.75, 3.05) is 0 Å². The first-order valence-corrected chi connectivity index (χ1v) is 41.2. The summed E-state index contributed by atoms with van der Waals surface area (Å²) in [4.78, 5) is 0. The molecular weight excluding hydrogens is 1520 g/mol. The Morgan fingerprint density at radius 1 is 0.183 bits per heavy atom. The minimum Gasteiger partial charge on any atom is -0.423 e. The summed E-state index contributed by atoms with van der Waals surface area (Å²) in [6, 6.07) is 149. The van der Waals surface area contributed by atoms with Crippen LogP contribution in [0.1, 0.15) is 89.0 Å². The van der Waals surface area contributed by atoms with E-state index in [1.165, 1.54) is 193 Å². The van der Waals surface area contributed by atoms with Crippen LogP contribution in [0.5, 0.6) is 0 Å². The third-order valence-corrected chi connectivity index (χ3v) is 27.3. The molecule has 5 heteroatoms. The molecule has 2 nitrogen and oxygen atoms in total. The van der Waals surface area contributed by atoms with Gasteiger partial charge in [-0.1, -0.05) is 402 Å². The van der Waals surface area contributed by atoms with Crippen LogP contribution in [-0.4, -0.2) is 17.2 Å². The van der Waals surface area contributed by atoms with Gasteiger partial charge in [-0.15, -0.1) is 0 Å². The normalized spacial score (nSPS) is 14.4. The van der Waals surface area contributed by atoms with Gasteiger partial charge in [-0.05, 0) is 241 Å². The lowest BCUT2D eigenvalue weighted by molar-refractivity contribution is 0.425. The molecule has 0 saturated heterocycles. The van der Waals surface area contributed by atoms with E-state index in [2.05, 4.69) is 432 Å². The van der Waals surface area contributed by atoms with Crippen molar-refractivity contribution in [2.24, 2.45) is 0 Å². The molecule has 6 aliphatic carbocycles. The molecule has 0 aromatic heterocycles. The number of hydrogen-bond donors (Lipinski definition) is 2. The maximum atomic E-state index is 10.5. The van der Waals surface area contributed by atoms with E-state index < -0.39 is 28.8 Å². The molecule has 0 atom stereocenters.